The SMILES string of the molecule is C[C@H](O)C(=O)Nc1ccc2c(c1)[C@@](O)([C@H](C)/C=C/CC(=O)N1CCC[C@H]1CO)C(=O)N2. The first-order chi connectivity index (χ1) is 14.7. The minimum Gasteiger partial charge on any atom is -0.394 e. The molecule has 2 aliphatic rings. The fourth-order valence-corrected chi connectivity index (χ4v) is 4.07. The number of hydrogen-bond acceptors (Lipinski definition) is 6. The Bertz CT molecular complexity index is 899. The van der Waals surface area contributed by atoms with E-state index in [2.05, 4.69) is 10.6 Å². The van der Waals surface area contributed by atoms with Crippen LogP contribution in [0.25, 0.3) is 0 Å². The Balaban J connectivity index is 1.74. The molecule has 0 aromatic heterocycles. The summed E-state index contributed by atoms with van der Waals surface area (Å²) in [4.78, 5) is 38.4. The molecule has 0 spiro atoms. The third-order valence-electron chi connectivity index (χ3n) is 5.96. The van der Waals surface area contributed by atoms with Crippen LogP contribution in [0.1, 0.15) is 38.7 Å². The predicted molar refractivity (Wildman–Crippen MR) is 114 cm³/mol. The number of amides is 3. The lowest BCUT2D eigenvalue weighted by Gasteiger charge is -2.26. The molecule has 1 saturated heterocycles. The fourth-order valence-electron chi connectivity index (χ4n) is 4.07. The van der Waals surface area contributed by atoms with Crippen LogP contribution in [-0.4, -0.2) is 63.2 Å². The van der Waals surface area contributed by atoms with Gasteiger partial charge >= 0.3 is 0 Å². The number of benzene rings is 1. The summed E-state index contributed by atoms with van der Waals surface area (Å²) >= 11 is 0. The molecule has 31 heavy (non-hydrogen) atoms. The van der Waals surface area contributed by atoms with Gasteiger partial charge in [0.05, 0.1) is 12.6 Å². The first kappa shape index (κ1) is 22.9. The number of carbonyl (C=O) groups excluding carboxylic acids is 3. The zero-order valence-corrected chi connectivity index (χ0v) is 17.7. The molecular weight excluding hydrogens is 402 g/mol. The summed E-state index contributed by atoms with van der Waals surface area (Å²) in [7, 11) is 0. The number of fused-ring (bicyclic) bond motifs is 1. The van der Waals surface area contributed by atoms with E-state index in [1.165, 1.54) is 13.0 Å². The van der Waals surface area contributed by atoms with Crippen molar-refractivity contribution in [3.63, 3.8) is 0 Å². The van der Waals surface area contributed by atoms with Gasteiger partial charge in [0.25, 0.3) is 11.8 Å². The van der Waals surface area contributed by atoms with Crippen LogP contribution >= 0.6 is 0 Å². The molecule has 0 saturated carbocycles. The highest BCUT2D eigenvalue weighted by molar-refractivity contribution is 6.06. The van der Waals surface area contributed by atoms with E-state index < -0.39 is 29.4 Å². The maximum Gasteiger partial charge on any atom is 0.261 e. The summed E-state index contributed by atoms with van der Waals surface area (Å²) < 4.78 is 0. The molecule has 3 rings (SSSR count). The molecule has 168 valence electrons. The van der Waals surface area contributed by atoms with Gasteiger partial charge in [0, 0.05) is 35.8 Å². The molecule has 3 amide bonds. The third-order valence-corrected chi connectivity index (χ3v) is 5.96. The van der Waals surface area contributed by atoms with Crippen molar-refractivity contribution >= 4 is 29.1 Å². The summed E-state index contributed by atoms with van der Waals surface area (Å²) in [6, 6.07) is 4.49. The normalized spacial score (nSPS) is 24.7. The molecule has 0 aliphatic carbocycles. The van der Waals surface area contributed by atoms with Crippen LogP contribution in [0.4, 0.5) is 11.4 Å². The lowest BCUT2D eigenvalue weighted by molar-refractivity contribution is -0.137. The van der Waals surface area contributed by atoms with Crippen molar-refractivity contribution < 1.29 is 29.7 Å². The lowest BCUT2D eigenvalue weighted by atomic mass is 9.82. The zero-order chi connectivity index (χ0) is 22.8. The van der Waals surface area contributed by atoms with Crippen LogP contribution < -0.4 is 10.6 Å². The molecule has 1 aromatic rings. The van der Waals surface area contributed by atoms with Crippen LogP contribution in [0.3, 0.4) is 0 Å². The van der Waals surface area contributed by atoms with Crippen LogP contribution in [0.5, 0.6) is 0 Å². The quantitative estimate of drug-likeness (QED) is 0.403. The van der Waals surface area contributed by atoms with Crippen molar-refractivity contribution in [2.75, 3.05) is 23.8 Å². The standard InChI is InChI=1S/C22H29N3O6/c1-13(5-3-7-19(28)25-10-4-6-16(25)12-26)22(31)17-11-15(23-20(29)14(2)27)8-9-18(17)24-21(22)30/h3,5,8-9,11,13-14,16,26-27,31H,4,6-7,10,12H2,1-2H3,(H,23,29)(H,24,30)/b5-3+/t13-,14+,16+,22+/m1/s1. The maximum atomic E-state index is 12.6. The smallest absolute Gasteiger partial charge is 0.261 e. The average Bonchev–Trinajstić information content (AvgIpc) is 3.31. The molecule has 2 aliphatic heterocycles. The van der Waals surface area contributed by atoms with E-state index >= 15 is 0 Å². The van der Waals surface area contributed by atoms with E-state index in [0.29, 0.717) is 23.5 Å². The van der Waals surface area contributed by atoms with Gasteiger partial charge in [-0.25, -0.2) is 0 Å². The third kappa shape index (κ3) is 4.48. The van der Waals surface area contributed by atoms with Crippen molar-refractivity contribution in [2.24, 2.45) is 5.92 Å². The number of nitrogens with one attached hydrogen (secondary N) is 2. The predicted octanol–water partition coefficient (Wildman–Crippen LogP) is 0.711. The number of carbonyl (C=O) groups is 3. The van der Waals surface area contributed by atoms with Crippen molar-refractivity contribution in [1.82, 2.24) is 4.90 Å². The first-order valence-electron chi connectivity index (χ1n) is 10.4. The Morgan fingerprint density at radius 3 is 2.81 bits per heavy atom. The molecule has 1 aromatic carbocycles. The average molecular weight is 431 g/mol. The van der Waals surface area contributed by atoms with Gasteiger partial charge in [-0.3, -0.25) is 14.4 Å². The number of likely N-dealkylation sites (tertiary alicyclic amines) is 1. The second-order valence-electron chi connectivity index (χ2n) is 8.13. The van der Waals surface area contributed by atoms with Crippen molar-refractivity contribution in [2.45, 2.75) is 50.9 Å². The monoisotopic (exact) mass is 431 g/mol. The van der Waals surface area contributed by atoms with E-state index in [1.54, 1.807) is 36.1 Å². The van der Waals surface area contributed by atoms with Crippen LogP contribution in [-0.2, 0) is 20.0 Å². The molecule has 5 N–H and O–H groups in total. The van der Waals surface area contributed by atoms with Gasteiger partial charge in [0.15, 0.2) is 5.60 Å². The maximum absolute atomic E-state index is 12.6. The number of anilines is 2. The highest BCUT2D eigenvalue weighted by Gasteiger charge is 2.48. The molecule has 0 radical (unpaired) electrons. The number of hydrogen-bond donors (Lipinski definition) is 5. The van der Waals surface area contributed by atoms with E-state index in [1.807, 2.05) is 0 Å². The summed E-state index contributed by atoms with van der Waals surface area (Å²) in [5.41, 5.74) is -0.789. The number of rotatable bonds is 7. The second-order valence-corrected chi connectivity index (χ2v) is 8.13. The summed E-state index contributed by atoms with van der Waals surface area (Å²) in [6.07, 6.45) is 3.80. The molecule has 9 heteroatoms. The van der Waals surface area contributed by atoms with Crippen molar-refractivity contribution in [3.05, 3.63) is 35.9 Å². The Morgan fingerprint density at radius 1 is 1.39 bits per heavy atom. The number of nitrogens with zero attached hydrogens (tertiary/aromatic N) is 1. The van der Waals surface area contributed by atoms with E-state index in [-0.39, 0.29) is 25.0 Å². The molecule has 0 unspecified atom stereocenters. The molecule has 2 heterocycles. The van der Waals surface area contributed by atoms with E-state index in [0.717, 1.165) is 12.8 Å². The molecule has 1 fully saturated rings. The Labute approximate surface area is 180 Å². The molecule has 9 nitrogen and oxygen atoms in total. The number of aliphatic hydroxyl groups is 3. The topological polar surface area (TPSA) is 139 Å². The minimum absolute atomic E-state index is 0.0590. The minimum atomic E-state index is -1.87. The van der Waals surface area contributed by atoms with Gasteiger partial charge < -0.3 is 30.9 Å². The van der Waals surface area contributed by atoms with Gasteiger partial charge in [-0.2, -0.15) is 0 Å². The number of aliphatic hydroxyl groups excluding tert-OH is 2. The fraction of sp³-hybridized carbons (Fsp3) is 0.500. The van der Waals surface area contributed by atoms with Crippen LogP contribution in [0, 0.1) is 5.92 Å². The highest BCUT2D eigenvalue weighted by atomic mass is 16.3. The Morgan fingerprint density at radius 2 is 2.13 bits per heavy atom. The Hall–Kier alpha value is -2.75. The summed E-state index contributed by atoms with van der Waals surface area (Å²) in [5, 5.41) is 35.2. The van der Waals surface area contributed by atoms with Crippen molar-refractivity contribution in [3.8, 4) is 0 Å². The van der Waals surface area contributed by atoms with E-state index in [9.17, 15) is 29.7 Å². The molecule has 4 atom stereocenters. The highest BCUT2D eigenvalue weighted by Crippen LogP contribution is 2.42. The van der Waals surface area contributed by atoms with Gasteiger partial charge in [-0.1, -0.05) is 19.1 Å². The lowest BCUT2D eigenvalue weighted by Crippen LogP contribution is -2.40. The van der Waals surface area contributed by atoms with E-state index in [4.69, 9.17) is 0 Å². The molecule has 0 bridgehead atoms. The van der Waals surface area contributed by atoms with Gasteiger partial charge in [0.1, 0.15) is 6.10 Å². The van der Waals surface area contributed by atoms with Gasteiger partial charge in [-0.15, -0.1) is 0 Å². The zero-order valence-electron chi connectivity index (χ0n) is 17.7. The summed E-state index contributed by atoms with van der Waals surface area (Å²) in [5.74, 6) is -1.96. The van der Waals surface area contributed by atoms with Crippen LogP contribution in [0.2, 0.25) is 0 Å². The van der Waals surface area contributed by atoms with Crippen molar-refractivity contribution in [1.29, 1.82) is 0 Å². The van der Waals surface area contributed by atoms with Gasteiger partial charge in [0.2, 0.25) is 5.91 Å². The van der Waals surface area contributed by atoms with Crippen LogP contribution in [0.15, 0.2) is 30.4 Å². The summed E-state index contributed by atoms with van der Waals surface area (Å²) in [6.45, 7) is 3.57. The molecular formula is C22H29N3O6. The largest absolute Gasteiger partial charge is 0.394 e. The first-order valence-corrected chi connectivity index (χ1v) is 10.4. The van der Waals surface area contributed by atoms with Gasteiger partial charge in [-0.05, 0) is 38.0 Å². The Kier molecular flexibility index (Phi) is 6.78. The second kappa shape index (κ2) is 9.17.